The van der Waals surface area contributed by atoms with Crippen molar-refractivity contribution in [1.82, 2.24) is 0 Å². The SMILES string of the molecule is Nc1cc(Cl)c(I)cc1Cl. The number of hydrogen-bond acceptors (Lipinski definition) is 1. The third-order valence-corrected chi connectivity index (χ3v) is 2.89. The molecule has 0 aliphatic rings. The highest BCUT2D eigenvalue weighted by molar-refractivity contribution is 14.1. The molecule has 54 valence electrons. The van der Waals surface area contributed by atoms with Crippen LogP contribution in [0.4, 0.5) is 5.69 Å². The van der Waals surface area contributed by atoms with Crippen LogP contribution in [0.25, 0.3) is 0 Å². The Hall–Kier alpha value is 0.330. The molecule has 0 amide bonds. The Bertz CT molecular complexity index is 212. The van der Waals surface area contributed by atoms with E-state index in [-0.39, 0.29) is 0 Å². The summed E-state index contributed by atoms with van der Waals surface area (Å²) >= 11 is 13.5. The van der Waals surface area contributed by atoms with E-state index >= 15 is 0 Å². The van der Waals surface area contributed by atoms with Crippen molar-refractivity contribution >= 4 is 51.5 Å². The van der Waals surface area contributed by atoms with Crippen LogP contribution in [0.5, 0.6) is 0 Å². The molecule has 0 radical (unpaired) electrons. The van der Waals surface area contributed by atoms with Crippen molar-refractivity contribution < 1.29 is 0 Å². The van der Waals surface area contributed by atoms with Crippen LogP contribution in [-0.4, -0.2) is 0 Å². The molecular formula is C6H4Cl2IN. The van der Waals surface area contributed by atoms with Gasteiger partial charge in [-0.2, -0.15) is 0 Å². The summed E-state index contributed by atoms with van der Waals surface area (Å²) < 4.78 is 0.915. The lowest BCUT2D eigenvalue weighted by Crippen LogP contribution is -1.86. The highest BCUT2D eigenvalue weighted by Crippen LogP contribution is 2.27. The lowest BCUT2D eigenvalue weighted by Gasteiger charge is -1.99. The highest BCUT2D eigenvalue weighted by Gasteiger charge is 2.00. The minimum Gasteiger partial charge on any atom is -0.397 e. The molecule has 1 rings (SSSR count). The molecule has 1 nitrogen and oxygen atoms in total. The Morgan fingerprint density at radius 2 is 1.80 bits per heavy atom. The van der Waals surface area contributed by atoms with Crippen molar-refractivity contribution in [3.8, 4) is 0 Å². The first-order valence-corrected chi connectivity index (χ1v) is 4.35. The van der Waals surface area contributed by atoms with E-state index in [1.54, 1.807) is 12.1 Å². The minimum absolute atomic E-state index is 0.520. The van der Waals surface area contributed by atoms with Gasteiger partial charge in [0.05, 0.1) is 15.7 Å². The Labute approximate surface area is 82.6 Å². The number of hydrogen-bond donors (Lipinski definition) is 1. The molecule has 0 aliphatic heterocycles. The monoisotopic (exact) mass is 287 g/mol. The zero-order chi connectivity index (χ0) is 7.72. The van der Waals surface area contributed by atoms with Crippen LogP contribution >= 0.6 is 45.8 Å². The molecule has 1 aromatic carbocycles. The van der Waals surface area contributed by atoms with Gasteiger partial charge in [0.1, 0.15) is 0 Å². The topological polar surface area (TPSA) is 26.0 Å². The second-order valence-electron chi connectivity index (χ2n) is 1.79. The molecule has 0 fully saturated rings. The van der Waals surface area contributed by atoms with Gasteiger partial charge in [-0.3, -0.25) is 0 Å². The summed E-state index contributed by atoms with van der Waals surface area (Å²) in [7, 11) is 0. The molecule has 0 saturated heterocycles. The number of benzene rings is 1. The highest BCUT2D eigenvalue weighted by atomic mass is 127. The number of nitrogen functional groups attached to an aromatic ring is 1. The van der Waals surface area contributed by atoms with Gasteiger partial charge in [0.2, 0.25) is 0 Å². The van der Waals surface area contributed by atoms with Gasteiger partial charge in [-0.15, -0.1) is 0 Å². The van der Waals surface area contributed by atoms with Crippen LogP contribution in [0.1, 0.15) is 0 Å². The quantitative estimate of drug-likeness (QED) is 0.443. The summed E-state index contributed by atoms with van der Waals surface area (Å²) in [5.74, 6) is 0. The Morgan fingerprint density at radius 1 is 1.20 bits per heavy atom. The molecule has 1 aromatic rings. The van der Waals surface area contributed by atoms with Gasteiger partial charge in [-0.25, -0.2) is 0 Å². The Morgan fingerprint density at radius 3 is 2.30 bits per heavy atom. The second kappa shape index (κ2) is 3.15. The third kappa shape index (κ3) is 1.68. The predicted octanol–water partition coefficient (Wildman–Crippen LogP) is 3.18. The second-order valence-corrected chi connectivity index (χ2v) is 3.76. The van der Waals surface area contributed by atoms with Crippen LogP contribution in [0, 0.1) is 3.57 Å². The molecule has 0 saturated carbocycles. The molecule has 0 unspecified atom stereocenters. The largest absolute Gasteiger partial charge is 0.397 e. The fourth-order valence-corrected chi connectivity index (χ4v) is 1.52. The van der Waals surface area contributed by atoms with Gasteiger partial charge >= 0.3 is 0 Å². The molecule has 0 aliphatic carbocycles. The summed E-state index contributed by atoms with van der Waals surface area (Å²) in [4.78, 5) is 0. The lowest BCUT2D eigenvalue weighted by atomic mass is 10.3. The normalized spacial score (nSPS) is 9.90. The summed E-state index contributed by atoms with van der Waals surface area (Å²) in [5.41, 5.74) is 5.99. The summed E-state index contributed by atoms with van der Waals surface area (Å²) in [5, 5.41) is 1.19. The number of nitrogens with two attached hydrogens (primary N) is 1. The van der Waals surface area contributed by atoms with Crippen LogP contribution in [-0.2, 0) is 0 Å². The van der Waals surface area contributed by atoms with E-state index in [2.05, 4.69) is 22.6 Å². The lowest BCUT2D eigenvalue weighted by molar-refractivity contribution is 1.63. The van der Waals surface area contributed by atoms with Crippen molar-refractivity contribution in [2.45, 2.75) is 0 Å². The van der Waals surface area contributed by atoms with E-state index in [4.69, 9.17) is 28.9 Å². The van der Waals surface area contributed by atoms with E-state index < -0.39 is 0 Å². The van der Waals surface area contributed by atoms with Crippen molar-refractivity contribution in [3.63, 3.8) is 0 Å². The summed E-state index contributed by atoms with van der Waals surface area (Å²) in [6.45, 7) is 0. The van der Waals surface area contributed by atoms with Crippen LogP contribution < -0.4 is 5.73 Å². The molecule has 0 bridgehead atoms. The maximum Gasteiger partial charge on any atom is 0.0647 e. The molecule has 0 aromatic heterocycles. The average molecular weight is 288 g/mol. The fraction of sp³-hybridized carbons (Fsp3) is 0. The summed E-state index contributed by atoms with van der Waals surface area (Å²) in [6, 6.07) is 3.38. The van der Waals surface area contributed by atoms with E-state index in [1.165, 1.54) is 0 Å². The van der Waals surface area contributed by atoms with Crippen LogP contribution in [0.15, 0.2) is 12.1 Å². The molecule has 0 atom stereocenters. The van der Waals surface area contributed by atoms with Gasteiger partial charge in [-0.05, 0) is 34.7 Å². The van der Waals surface area contributed by atoms with Gasteiger partial charge in [-0.1, -0.05) is 23.2 Å². The number of anilines is 1. The van der Waals surface area contributed by atoms with Crippen molar-refractivity contribution in [3.05, 3.63) is 25.7 Å². The van der Waals surface area contributed by atoms with Crippen molar-refractivity contribution in [2.75, 3.05) is 5.73 Å². The molecule has 0 heterocycles. The smallest absolute Gasteiger partial charge is 0.0647 e. The Balaban J connectivity index is 3.28. The molecule has 10 heavy (non-hydrogen) atoms. The Kier molecular flexibility index (Phi) is 2.66. The standard InChI is InChI=1S/C6H4Cl2IN/c7-3-2-6(10)4(8)1-5(3)9/h1-2H,10H2. The van der Waals surface area contributed by atoms with Crippen molar-refractivity contribution in [2.24, 2.45) is 0 Å². The first-order chi connectivity index (χ1) is 4.61. The first-order valence-electron chi connectivity index (χ1n) is 2.51. The molecule has 0 spiro atoms. The zero-order valence-electron chi connectivity index (χ0n) is 4.87. The van der Waals surface area contributed by atoms with E-state index in [0.29, 0.717) is 15.7 Å². The van der Waals surface area contributed by atoms with Crippen LogP contribution in [0.3, 0.4) is 0 Å². The predicted molar refractivity (Wildman–Crippen MR) is 53.6 cm³/mol. The molecular weight excluding hydrogens is 284 g/mol. The first kappa shape index (κ1) is 8.43. The maximum absolute atomic E-state index is 5.74. The van der Waals surface area contributed by atoms with Gasteiger partial charge < -0.3 is 5.73 Å². The minimum atomic E-state index is 0.520. The fourth-order valence-electron chi connectivity index (χ4n) is 0.538. The van der Waals surface area contributed by atoms with Crippen molar-refractivity contribution in [1.29, 1.82) is 0 Å². The molecule has 4 heteroatoms. The number of halogens is 3. The van der Waals surface area contributed by atoms with E-state index in [0.717, 1.165) is 3.57 Å². The third-order valence-electron chi connectivity index (χ3n) is 1.04. The zero-order valence-corrected chi connectivity index (χ0v) is 8.54. The van der Waals surface area contributed by atoms with Gasteiger partial charge in [0.25, 0.3) is 0 Å². The van der Waals surface area contributed by atoms with Gasteiger partial charge in [0.15, 0.2) is 0 Å². The van der Waals surface area contributed by atoms with E-state index in [9.17, 15) is 0 Å². The maximum atomic E-state index is 5.74. The van der Waals surface area contributed by atoms with Gasteiger partial charge in [0, 0.05) is 3.57 Å². The number of rotatable bonds is 0. The van der Waals surface area contributed by atoms with E-state index in [1.807, 2.05) is 0 Å². The van der Waals surface area contributed by atoms with Crippen LogP contribution in [0.2, 0.25) is 10.0 Å². The average Bonchev–Trinajstić information content (AvgIpc) is 1.84. The summed E-state index contributed by atoms with van der Waals surface area (Å²) in [6.07, 6.45) is 0. The molecule has 2 N–H and O–H groups in total.